The number of nitrogens with two attached hydrogens (primary N) is 1. The summed E-state index contributed by atoms with van der Waals surface area (Å²) in [5.74, 6) is 0. The molecule has 90 valence electrons. The molecule has 0 fully saturated rings. The maximum atomic E-state index is 6.20. The van der Waals surface area contributed by atoms with Crippen molar-refractivity contribution in [2.24, 2.45) is 5.73 Å². The summed E-state index contributed by atoms with van der Waals surface area (Å²) >= 11 is 5.21. The minimum atomic E-state index is 0.0115. The first kappa shape index (κ1) is 12.7. The minimum absolute atomic E-state index is 0.0115. The van der Waals surface area contributed by atoms with E-state index >= 15 is 0 Å². The predicted octanol–water partition coefficient (Wildman–Crippen LogP) is 3.76. The molecule has 2 N–H and O–H groups in total. The summed E-state index contributed by atoms with van der Waals surface area (Å²) in [5, 5.41) is 3.17. The van der Waals surface area contributed by atoms with E-state index in [-0.39, 0.29) is 6.04 Å². The first-order valence-electron chi connectivity index (χ1n) is 5.49. The highest BCUT2D eigenvalue weighted by Gasteiger charge is 2.10. The van der Waals surface area contributed by atoms with E-state index in [1.807, 2.05) is 6.92 Å². The highest BCUT2D eigenvalue weighted by atomic mass is 79.9. The van der Waals surface area contributed by atoms with Crippen molar-refractivity contribution in [3.05, 3.63) is 49.9 Å². The van der Waals surface area contributed by atoms with Crippen LogP contribution >= 0.6 is 27.3 Å². The van der Waals surface area contributed by atoms with Gasteiger partial charge >= 0.3 is 0 Å². The Morgan fingerprint density at radius 2 is 2.18 bits per heavy atom. The first-order valence-corrected chi connectivity index (χ1v) is 7.16. The number of halogens is 1. The molecule has 1 aromatic carbocycles. The van der Waals surface area contributed by atoms with E-state index in [4.69, 9.17) is 5.73 Å². The van der Waals surface area contributed by atoms with E-state index in [9.17, 15) is 0 Å². The van der Waals surface area contributed by atoms with Crippen molar-refractivity contribution in [3.8, 4) is 0 Å². The van der Waals surface area contributed by atoms with Crippen molar-refractivity contribution in [2.75, 3.05) is 0 Å². The maximum absolute atomic E-state index is 6.20. The Kier molecular flexibility index (Phi) is 3.97. The zero-order chi connectivity index (χ0) is 12.4. The molecule has 1 atom stereocenters. The van der Waals surface area contributed by atoms with Crippen LogP contribution in [0.2, 0.25) is 0 Å². The van der Waals surface area contributed by atoms with Gasteiger partial charge in [0.15, 0.2) is 0 Å². The van der Waals surface area contributed by atoms with Crippen LogP contribution < -0.4 is 5.73 Å². The highest BCUT2D eigenvalue weighted by Crippen LogP contribution is 2.23. The summed E-state index contributed by atoms with van der Waals surface area (Å²) in [4.78, 5) is 4.44. The van der Waals surface area contributed by atoms with Crippen molar-refractivity contribution in [2.45, 2.75) is 26.3 Å². The van der Waals surface area contributed by atoms with Crippen molar-refractivity contribution in [3.63, 3.8) is 0 Å². The third-order valence-electron chi connectivity index (χ3n) is 2.69. The normalized spacial score (nSPS) is 12.7. The van der Waals surface area contributed by atoms with Gasteiger partial charge in [-0.3, -0.25) is 0 Å². The topological polar surface area (TPSA) is 38.9 Å². The van der Waals surface area contributed by atoms with E-state index in [2.05, 4.69) is 51.4 Å². The number of rotatable bonds is 3. The van der Waals surface area contributed by atoms with Gasteiger partial charge in [0.25, 0.3) is 0 Å². The second-order valence-corrected chi connectivity index (χ2v) is 6.00. The Labute approximate surface area is 114 Å². The Morgan fingerprint density at radius 3 is 2.76 bits per heavy atom. The molecule has 17 heavy (non-hydrogen) atoms. The van der Waals surface area contributed by atoms with Gasteiger partial charge in [-0.1, -0.05) is 28.1 Å². The highest BCUT2D eigenvalue weighted by molar-refractivity contribution is 9.10. The summed E-state index contributed by atoms with van der Waals surface area (Å²) in [5.41, 5.74) is 9.65. The van der Waals surface area contributed by atoms with E-state index in [0.29, 0.717) is 0 Å². The Balaban J connectivity index is 2.14. The van der Waals surface area contributed by atoms with Crippen LogP contribution in [0.25, 0.3) is 0 Å². The van der Waals surface area contributed by atoms with Gasteiger partial charge in [0.2, 0.25) is 0 Å². The standard InChI is InChI=1S/C13H15BrN2S/c1-8-3-4-10(5-11(8)14)12(15)6-13-16-9(2)7-17-13/h3-5,7,12H,6,15H2,1-2H3. The first-order chi connectivity index (χ1) is 8.06. The average Bonchev–Trinajstić information content (AvgIpc) is 2.68. The lowest BCUT2D eigenvalue weighted by Gasteiger charge is -2.11. The molecule has 2 nitrogen and oxygen atoms in total. The molecule has 1 heterocycles. The summed E-state index contributed by atoms with van der Waals surface area (Å²) < 4.78 is 1.11. The Bertz CT molecular complexity index is 522. The Morgan fingerprint density at radius 1 is 1.41 bits per heavy atom. The quantitative estimate of drug-likeness (QED) is 0.937. The van der Waals surface area contributed by atoms with Gasteiger partial charge in [-0.05, 0) is 31.0 Å². The van der Waals surface area contributed by atoms with Crippen LogP contribution in [0.3, 0.4) is 0 Å². The van der Waals surface area contributed by atoms with Crippen LogP contribution in [0, 0.1) is 13.8 Å². The van der Waals surface area contributed by atoms with Crippen LogP contribution in [0.5, 0.6) is 0 Å². The van der Waals surface area contributed by atoms with Crippen molar-refractivity contribution < 1.29 is 0 Å². The van der Waals surface area contributed by atoms with Gasteiger partial charge in [-0.25, -0.2) is 4.98 Å². The number of aromatic nitrogens is 1. The molecule has 0 aliphatic carbocycles. The molecule has 0 spiro atoms. The van der Waals surface area contributed by atoms with Gasteiger partial charge in [0, 0.05) is 28.0 Å². The summed E-state index contributed by atoms with van der Waals surface area (Å²) in [7, 11) is 0. The van der Waals surface area contributed by atoms with Crippen LogP contribution in [0.15, 0.2) is 28.1 Å². The lowest BCUT2D eigenvalue weighted by molar-refractivity contribution is 0.716. The fourth-order valence-corrected chi connectivity index (χ4v) is 2.87. The number of nitrogens with zero attached hydrogens (tertiary/aromatic N) is 1. The lowest BCUT2D eigenvalue weighted by Crippen LogP contribution is -2.13. The number of aryl methyl sites for hydroxylation is 2. The van der Waals surface area contributed by atoms with Gasteiger partial charge in [-0.2, -0.15) is 0 Å². The van der Waals surface area contributed by atoms with Gasteiger partial charge in [0.1, 0.15) is 0 Å². The SMILES string of the molecule is Cc1csc(CC(N)c2ccc(C)c(Br)c2)n1. The second-order valence-electron chi connectivity index (χ2n) is 4.20. The summed E-state index contributed by atoms with van der Waals surface area (Å²) in [6.45, 7) is 4.08. The molecule has 0 aliphatic rings. The van der Waals surface area contributed by atoms with Gasteiger partial charge in [-0.15, -0.1) is 11.3 Å². The molecule has 0 amide bonds. The fraction of sp³-hybridized carbons (Fsp3) is 0.308. The summed E-state index contributed by atoms with van der Waals surface area (Å²) in [6, 6.07) is 6.29. The third kappa shape index (κ3) is 3.15. The molecule has 4 heteroatoms. The van der Waals surface area contributed by atoms with Crippen molar-refractivity contribution in [1.82, 2.24) is 4.98 Å². The predicted molar refractivity (Wildman–Crippen MR) is 76.4 cm³/mol. The van der Waals surface area contributed by atoms with Gasteiger partial charge in [0.05, 0.1) is 5.01 Å². The van der Waals surface area contributed by atoms with E-state index in [1.54, 1.807) is 11.3 Å². The minimum Gasteiger partial charge on any atom is -0.324 e. The van der Waals surface area contributed by atoms with Crippen LogP contribution in [0.4, 0.5) is 0 Å². The van der Waals surface area contributed by atoms with Crippen LogP contribution in [-0.4, -0.2) is 4.98 Å². The van der Waals surface area contributed by atoms with E-state index in [1.165, 1.54) is 5.56 Å². The number of hydrogen-bond donors (Lipinski definition) is 1. The van der Waals surface area contributed by atoms with Crippen molar-refractivity contribution in [1.29, 1.82) is 0 Å². The lowest BCUT2D eigenvalue weighted by atomic mass is 10.0. The molecule has 0 saturated carbocycles. The molecule has 0 radical (unpaired) electrons. The molecule has 0 saturated heterocycles. The average molecular weight is 311 g/mol. The van der Waals surface area contributed by atoms with Gasteiger partial charge < -0.3 is 5.73 Å². The molecule has 2 aromatic rings. The van der Waals surface area contributed by atoms with E-state index in [0.717, 1.165) is 27.2 Å². The number of hydrogen-bond acceptors (Lipinski definition) is 3. The molecule has 1 unspecified atom stereocenters. The smallest absolute Gasteiger partial charge is 0.0947 e. The van der Waals surface area contributed by atoms with Crippen molar-refractivity contribution >= 4 is 27.3 Å². The molecular weight excluding hydrogens is 296 g/mol. The largest absolute Gasteiger partial charge is 0.324 e. The molecule has 1 aromatic heterocycles. The fourth-order valence-electron chi connectivity index (χ4n) is 1.64. The maximum Gasteiger partial charge on any atom is 0.0947 e. The Hall–Kier alpha value is -0.710. The zero-order valence-corrected chi connectivity index (χ0v) is 12.3. The number of thiazole rings is 1. The van der Waals surface area contributed by atoms with Crippen LogP contribution in [0.1, 0.15) is 27.9 Å². The molecule has 2 rings (SSSR count). The second kappa shape index (κ2) is 5.29. The van der Waals surface area contributed by atoms with Crippen LogP contribution in [-0.2, 0) is 6.42 Å². The third-order valence-corrected chi connectivity index (χ3v) is 4.53. The molecular formula is C13H15BrN2S. The molecule has 0 bridgehead atoms. The zero-order valence-electron chi connectivity index (χ0n) is 9.90. The molecule has 0 aliphatic heterocycles. The monoisotopic (exact) mass is 310 g/mol. The number of benzene rings is 1. The summed E-state index contributed by atoms with van der Waals surface area (Å²) in [6.07, 6.45) is 0.800. The van der Waals surface area contributed by atoms with E-state index < -0.39 is 0 Å².